The second kappa shape index (κ2) is 6.70. The van der Waals surface area contributed by atoms with Gasteiger partial charge in [-0.25, -0.2) is 0 Å². The number of amides is 1. The van der Waals surface area contributed by atoms with Gasteiger partial charge in [-0.3, -0.25) is 14.9 Å². The van der Waals surface area contributed by atoms with Gasteiger partial charge in [0.1, 0.15) is 6.17 Å². The number of nitro benzene ring substituents is 1. The maximum absolute atomic E-state index is 12.7. The van der Waals surface area contributed by atoms with Gasteiger partial charge in [-0.15, -0.1) is 0 Å². The molecule has 2 aromatic carbocycles. The summed E-state index contributed by atoms with van der Waals surface area (Å²) < 4.78 is 0. The van der Waals surface area contributed by atoms with Crippen molar-refractivity contribution in [1.29, 1.82) is 0 Å². The Labute approximate surface area is 140 Å². The van der Waals surface area contributed by atoms with E-state index in [1.165, 1.54) is 12.1 Å². The second-order valence-corrected chi connectivity index (χ2v) is 5.79. The van der Waals surface area contributed by atoms with E-state index in [1.54, 1.807) is 17.0 Å². The fourth-order valence-corrected chi connectivity index (χ4v) is 2.95. The molecule has 1 aliphatic rings. The largest absolute Gasteiger partial charge is 0.361 e. The first kappa shape index (κ1) is 16.0. The number of rotatable bonds is 6. The van der Waals surface area contributed by atoms with Crippen LogP contribution in [0.5, 0.6) is 0 Å². The minimum Gasteiger partial charge on any atom is -0.361 e. The number of hydrogen-bond acceptors (Lipinski definition) is 4. The third-order valence-corrected chi connectivity index (χ3v) is 4.17. The van der Waals surface area contributed by atoms with E-state index in [9.17, 15) is 14.9 Å². The van der Waals surface area contributed by atoms with Crippen molar-refractivity contribution in [1.82, 2.24) is 4.90 Å². The van der Waals surface area contributed by atoms with E-state index in [0.29, 0.717) is 17.8 Å². The maximum atomic E-state index is 12.7. The van der Waals surface area contributed by atoms with Gasteiger partial charge in [0.15, 0.2) is 0 Å². The molecular weight excluding hydrogens is 306 g/mol. The molecule has 24 heavy (non-hydrogen) atoms. The Kier molecular flexibility index (Phi) is 4.46. The topological polar surface area (TPSA) is 75.5 Å². The number of fused-ring (bicyclic) bond motifs is 1. The molecule has 124 valence electrons. The quantitative estimate of drug-likeness (QED) is 0.644. The summed E-state index contributed by atoms with van der Waals surface area (Å²) in [6.07, 6.45) is 1.60. The lowest BCUT2D eigenvalue weighted by Crippen LogP contribution is -2.33. The summed E-state index contributed by atoms with van der Waals surface area (Å²) in [5, 5.41) is 14.2. The minimum absolute atomic E-state index is 0.00183. The molecule has 0 saturated carbocycles. The first-order valence-corrected chi connectivity index (χ1v) is 8.02. The number of nitrogens with zero attached hydrogens (tertiary/aromatic N) is 2. The van der Waals surface area contributed by atoms with Crippen molar-refractivity contribution in [3.63, 3.8) is 0 Å². The summed E-state index contributed by atoms with van der Waals surface area (Å²) in [5.74, 6) is 0.00183. The van der Waals surface area contributed by atoms with Gasteiger partial charge in [0.2, 0.25) is 0 Å². The number of carbonyl (C=O) groups is 1. The smallest absolute Gasteiger partial charge is 0.271 e. The van der Waals surface area contributed by atoms with Crippen molar-refractivity contribution >= 4 is 17.3 Å². The summed E-state index contributed by atoms with van der Waals surface area (Å²) in [4.78, 5) is 25.0. The van der Waals surface area contributed by atoms with Crippen molar-refractivity contribution in [2.24, 2.45) is 0 Å². The zero-order valence-electron chi connectivity index (χ0n) is 13.4. The average Bonchev–Trinajstić information content (AvgIpc) is 2.86. The Morgan fingerprint density at radius 1 is 1.21 bits per heavy atom. The molecule has 0 saturated heterocycles. The molecule has 1 N–H and O–H groups in total. The van der Waals surface area contributed by atoms with Crippen LogP contribution in [0.15, 0.2) is 48.5 Å². The van der Waals surface area contributed by atoms with Crippen LogP contribution in [-0.2, 0) is 0 Å². The van der Waals surface area contributed by atoms with E-state index in [4.69, 9.17) is 0 Å². The van der Waals surface area contributed by atoms with Crippen LogP contribution in [-0.4, -0.2) is 22.3 Å². The molecule has 1 aliphatic heterocycles. The minimum atomic E-state index is -0.423. The molecule has 0 spiro atoms. The zero-order chi connectivity index (χ0) is 17.1. The molecule has 1 atom stereocenters. The zero-order valence-corrected chi connectivity index (χ0v) is 13.4. The SMILES string of the molecule is CCCCN1C(=O)c2ccccc2[C@H]1Nc1cccc([N+](=O)[O-])c1. The molecule has 6 heteroatoms. The number of unbranched alkanes of at least 4 members (excludes halogenated alkanes) is 1. The molecule has 6 nitrogen and oxygen atoms in total. The van der Waals surface area contributed by atoms with Crippen molar-refractivity contribution in [3.8, 4) is 0 Å². The fourth-order valence-electron chi connectivity index (χ4n) is 2.95. The van der Waals surface area contributed by atoms with Crippen LogP contribution in [0.25, 0.3) is 0 Å². The van der Waals surface area contributed by atoms with E-state index in [2.05, 4.69) is 12.2 Å². The van der Waals surface area contributed by atoms with E-state index < -0.39 is 4.92 Å². The highest BCUT2D eigenvalue weighted by Gasteiger charge is 2.35. The summed E-state index contributed by atoms with van der Waals surface area (Å²) >= 11 is 0. The van der Waals surface area contributed by atoms with Gasteiger partial charge < -0.3 is 10.2 Å². The highest BCUT2D eigenvalue weighted by Crippen LogP contribution is 2.35. The maximum Gasteiger partial charge on any atom is 0.271 e. The van der Waals surface area contributed by atoms with Crippen LogP contribution in [0.4, 0.5) is 11.4 Å². The number of nitro groups is 1. The third kappa shape index (κ3) is 2.95. The van der Waals surface area contributed by atoms with E-state index in [-0.39, 0.29) is 17.8 Å². The number of anilines is 1. The molecule has 0 unspecified atom stereocenters. The summed E-state index contributed by atoms with van der Waals surface area (Å²) in [6.45, 7) is 2.73. The predicted molar refractivity (Wildman–Crippen MR) is 91.8 cm³/mol. The lowest BCUT2D eigenvalue weighted by atomic mass is 10.1. The van der Waals surface area contributed by atoms with Crippen LogP contribution in [0.1, 0.15) is 41.9 Å². The molecule has 3 rings (SSSR count). The van der Waals surface area contributed by atoms with Gasteiger partial charge in [-0.05, 0) is 18.6 Å². The van der Waals surface area contributed by atoms with Gasteiger partial charge in [0, 0.05) is 35.5 Å². The summed E-state index contributed by atoms with van der Waals surface area (Å²) in [6, 6.07) is 13.9. The molecule has 1 amide bonds. The van der Waals surface area contributed by atoms with Crippen LogP contribution in [0.2, 0.25) is 0 Å². The van der Waals surface area contributed by atoms with Crippen molar-refractivity contribution in [2.75, 3.05) is 11.9 Å². The number of nitrogens with one attached hydrogen (secondary N) is 1. The summed E-state index contributed by atoms with van der Waals surface area (Å²) in [5.41, 5.74) is 2.25. The Morgan fingerprint density at radius 2 is 2.00 bits per heavy atom. The van der Waals surface area contributed by atoms with Crippen LogP contribution in [0.3, 0.4) is 0 Å². The standard InChI is InChI=1S/C18H19N3O3/c1-2-3-11-20-17(15-9-4-5-10-16(15)18(20)22)19-13-7-6-8-14(12-13)21(23)24/h4-10,12,17,19H,2-3,11H2,1H3/t17-/m0/s1. The average molecular weight is 325 g/mol. The van der Waals surface area contributed by atoms with E-state index in [0.717, 1.165) is 18.4 Å². The van der Waals surface area contributed by atoms with Crippen molar-refractivity contribution < 1.29 is 9.72 Å². The van der Waals surface area contributed by atoms with E-state index >= 15 is 0 Å². The molecule has 0 bridgehead atoms. The third-order valence-electron chi connectivity index (χ3n) is 4.17. The normalized spacial score (nSPS) is 16.1. The van der Waals surface area contributed by atoms with E-state index in [1.807, 2.05) is 24.3 Å². The number of hydrogen-bond donors (Lipinski definition) is 1. The molecule has 0 radical (unpaired) electrons. The highest BCUT2D eigenvalue weighted by atomic mass is 16.6. The van der Waals surface area contributed by atoms with Gasteiger partial charge in [-0.1, -0.05) is 37.6 Å². The van der Waals surface area contributed by atoms with Gasteiger partial charge >= 0.3 is 0 Å². The molecule has 0 fully saturated rings. The first-order chi connectivity index (χ1) is 11.6. The van der Waals surface area contributed by atoms with Gasteiger partial charge in [0.05, 0.1) is 4.92 Å². The van der Waals surface area contributed by atoms with Crippen molar-refractivity contribution in [3.05, 3.63) is 69.8 Å². The first-order valence-electron chi connectivity index (χ1n) is 8.02. The Balaban J connectivity index is 1.92. The molecule has 0 aromatic heterocycles. The monoisotopic (exact) mass is 325 g/mol. The van der Waals surface area contributed by atoms with Gasteiger partial charge in [-0.2, -0.15) is 0 Å². The number of benzene rings is 2. The Hall–Kier alpha value is -2.89. The lowest BCUT2D eigenvalue weighted by molar-refractivity contribution is -0.384. The molecule has 1 heterocycles. The van der Waals surface area contributed by atoms with Crippen LogP contribution in [0, 0.1) is 10.1 Å². The fraction of sp³-hybridized carbons (Fsp3) is 0.278. The lowest BCUT2D eigenvalue weighted by Gasteiger charge is -2.27. The Morgan fingerprint density at radius 3 is 2.75 bits per heavy atom. The highest BCUT2D eigenvalue weighted by molar-refractivity contribution is 5.99. The van der Waals surface area contributed by atoms with Crippen molar-refractivity contribution in [2.45, 2.75) is 25.9 Å². The summed E-state index contributed by atoms with van der Waals surface area (Å²) in [7, 11) is 0. The van der Waals surface area contributed by atoms with Crippen LogP contribution >= 0.6 is 0 Å². The molecule has 0 aliphatic carbocycles. The number of carbonyl (C=O) groups excluding carboxylic acids is 1. The molecule has 2 aromatic rings. The second-order valence-electron chi connectivity index (χ2n) is 5.79. The predicted octanol–water partition coefficient (Wildman–Crippen LogP) is 3.96. The number of non-ortho nitro benzene ring substituents is 1. The van der Waals surface area contributed by atoms with Gasteiger partial charge in [0.25, 0.3) is 11.6 Å². The Bertz CT molecular complexity index is 776. The van der Waals surface area contributed by atoms with Crippen LogP contribution < -0.4 is 5.32 Å². The molecular formula is C18H19N3O3.